The molecule has 3 heteroatoms. The molecule has 3 heterocycles. The normalized spacial score (nSPS) is 11.9. The van der Waals surface area contributed by atoms with Gasteiger partial charge in [-0.05, 0) is 76.9 Å². The van der Waals surface area contributed by atoms with Gasteiger partial charge in [0.2, 0.25) is 0 Å². The third-order valence-electron chi connectivity index (χ3n) is 10.5. The van der Waals surface area contributed by atoms with Gasteiger partial charge in [-0.2, -0.15) is 0 Å². The van der Waals surface area contributed by atoms with Gasteiger partial charge in [0.05, 0.1) is 26.8 Å². The number of para-hydroxylation sites is 3. The van der Waals surface area contributed by atoms with Crippen molar-refractivity contribution in [1.29, 1.82) is 0 Å². The van der Waals surface area contributed by atoms with Gasteiger partial charge >= 0.3 is 0 Å². The smallest absolute Gasteiger partial charge is 0.0719 e. The number of nitrogens with zero attached hydrogens (tertiary/aromatic N) is 2. The zero-order valence-electron chi connectivity index (χ0n) is 27.6. The maximum atomic E-state index is 2.47. The molecular weight excluding hydrogens is 637 g/mol. The lowest BCUT2D eigenvalue weighted by Crippen LogP contribution is -1.96. The van der Waals surface area contributed by atoms with E-state index in [9.17, 15) is 0 Å². The van der Waals surface area contributed by atoms with Crippen molar-refractivity contribution in [2.24, 2.45) is 0 Å². The molecule has 238 valence electrons. The van der Waals surface area contributed by atoms with Crippen molar-refractivity contribution >= 4 is 75.1 Å². The molecule has 2 nitrogen and oxygen atoms in total. The number of rotatable bonds is 4. The number of fused-ring (bicyclic) bond motifs is 10. The average Bonchev–Trinajstić information content (AvgIpc) is 3.86. The van der Waals surface area contributed by atoms with Gasteiger partial charge in [-0.25, -0.2) is 0 Å². The largest absolute Gasteiger partial charge is 0.309 e. The van der Waals surface area contributed by atoms with Crippen molar-refractivity contribution < 1.29 is 0 Å². The van der Waals surface area contributed by atoms with Crippen LogP contribution in [0.2, 0.25) is 0 Å². The molecule has 0 saturated carbocycles. The summed E-state index contributed by atoms with van der Waals surface area (Å²) in [6.45, 7) is 0. The average molecular weight is 667 g/mol. The van der Waals surface area contributed by atoms with Crippen LogP contribution in [-0.2, 0) is 0 Å². The van der Waals surface area contributed by atoms with E-state index in [1.54, 1.807) is 0 Å². The summed E-state index contributed by atoms with van der Waals surface area (Å²) in [7, 11) is 0. The Morgan fingerprint density at radius 3 is 1.49 bits per heavy atom. The third-order valence-corrected chi connectivity index (χ3v) is 11.7. The van der Waals surface area contributed by atoms with Crippen molar-refractivity contribution in [3.8, 4) is 33.6 Å². The van der Waals surface area contributed by atoms with Gasteiger partial charge < -0.3 is 9.13 Å². The Bertz CT molecular complexity index is 3070. The number of benzene rings is 8. The van der Waals surface area contributed by atoms with Gasteiger partial charge in [0.1, 0.15) is 0 Å². The highest BCUT2D eigenvalue weighted by Gasteiger charge is 2.18. The molecule has 0 spiro atoms. The van der Waals surface area contributed by atoms with Crippen molar-refractivity contribution in [2.75, 3.05) is 0 Å². The highest BCUT2D eigenvalue weighted by molar-refractivity contribution is 7.26. The summed E-state index contributed by atoms with van der Waals surface area (Å²) < 4.78 is 7.55. The maximum Gasteiger partial charge on any atom is 0.0719 e. The summed E-state index contributed by atoms with van der Waals surface area (Å²) in [6, 6.07) is 66.6. The predicted octanol–water partition coefficient (Wildman–Crippen LogP) is 13.6. The van der Waals surface area contributed by atoms with Crippen LogP contribution in [0.1, 0.15) is 0 Å². The van der Waals surface area contributed by atoms with Crippen LogP contribution in [0.5, 0.6) is 0 Å². The molecular formula is C48H30N2S. The first kappa shape index (κ1) is 28.4. The highest BCUT2D eigenvalue weighted by atomic mass is 32.1. The van der Waals surface area contributed by atoms with E-state index >= 15 is 0 Å². The van der Waals surface area contributed by atoms with Crippen LogP contribution in [-0.4, -0.2) is 9.13 Å². The fourth-order valence-electron chi connectivity index (χ4n) is 8.21. The first-order valence-corrected chi connectivity index (χ1v) is 18.3. The molecule has 11 rings (SSSR count). The van der Waals surface area contributed by atoms with E-state index in [0.717, 1.165) is 11.4 Å². The second kappa shape index (κ2) is 11.0. The van der Waals surface area contributed by atoms with Gasteiger partial charge in [-0.15, -0.1) is 11.3 Å². The van der Waals surface area contributed by atoms with E-state index in [2.05, 4.69) is 191 Å². The van der Waals surface area contributed by atoms with Crippen molar-refractivity contribution in [1.82, 2.24) is 9.13 Å². The van der Waals surface area contributed by atoms with E-state index in [1.807, 2.05) is 11.3 Å². The van der Waals surface area contributed by atoms with Crippen LogP contribution in [0, 0.1) is 0 Å². The van der Waals surface area contributed by atoms with E-state index in [-0.39, 0.29) is 0 Å². The summed E-state index contributed by atoms with van der Waals surface area (Å²) in [5.74, 6) is 0. The Kier molecular flexibility index (Phi) is 6.16. The Morgan fingerprint density at radius 1 is 0.314 bits per heavy atom. The second-order valence-electron chi connectivity index (χ2n) is 13.3. The van der Waals surface area contributed by atoms with Gasteiger partial charge in [0.25, 0.3) is 0 Å². The number of aromatic nitrogens is 2. The fraction of sp³-hybridized carbons (Fsp3) is 0. The zero-order valence-corrected chi connectivity index (χ0v) is 28.4. The van der Waals surface area contributed by atoms with Gasteiger partial charge in [-0.1, -0.05) is 127 Å². The van der Waals surface area contributed by atoms with Crippen molar-refractivity contribution in [2.45, 2.75) is 0 Å². The van der Waals surface area contributed by atoms with Crippen LogP contribution in [0.3, 0.4) is 0 Å². The number of hydrogen-bond donors (Lipinski definition) is 0. The van der Waals surface area contributed by atoms with E-state index in [0.29, 0.717) is 0 Å². The van der Waals surface area contributed by atoms with Crippen molar-refractivity contribution in [3.63, 3.8) is 0 Å². The van der Waals surface area contributed by atoms with Crippen LogP contribution in [0.15, 0.2) is 182 Å². The summed E-state index contributed by atoms with van der Waals surface area (Å²) in [4.78, 5) is 0. The molecule has 0 radical (unpaired) electrons. The standard InChI is InChI=1S/C48H30N2S/c1-2-12-31(13-3-1)33-28-34(30-36(29-33)49-43-18-8-4-14-37(43)38-15-5-9-19-44(38)49)32-22-24-35(25-23-32)50-45-20-10-6-16-39(45)41-26-27-42-40-17-7-11-21-46(40)51-48(42)47(41)50/h1-30H. The minimum Gasteiger partial charge on any atom is -0.309 e. The lowest BCUT2D eigenvalue weighted by molar-refractivity contribution is 1.18. The van der Waals surface area contributed by atoms with Gasteiger partial charge in [0.15, 0.2) is 0 Å². The summed E-state index contributed by atoms with van der Waals surface area (Å²) in [6.07, 6.45) is 0. The molecule has 0 bridgehead atoms. The minimum absolute atomic E-state index is 1.15. The van der Waals surface area contributed by atoms with Crippen LogP contribution < -0.4 is 0 Å². The zero-order chi connectivity index (χ0) is 33.5. The van der Waals surface area contributed by atoms with E-state index < -0.39 is 0 Å². The van der Waals surface area contributed by atoms with Crippen LogP contribution >= 0.6 is 11.3 Å². The monoisotopic (exact) mass is 666 g/mol. The second-order valence-corrected chi connectivity index (χ2v) is 14.4. The highest BCUT2D eigenvalue weighted by Crippen LogP contribution is 2.43. The first-order valence-electron chi connectivity index (χ1n) is 17.4. The molecule has 0 amide bonds. The molecule has 11 aromatic rings. The molecule has 0 N–H and O–H groups in total. The molecule has 8 aromatic carbocycles. The molecule has 0 saturated heterocycles. The first-order chi connectivity index (χ1) is 25.3. The molecule has 0 unspecified atom stereocenters. The Morgan fingerprint density at radius 2 is 0.824 bits per heavy atom. The molecule has 0 aliphatic heterocycles. The minimum atomic E-state index is 1.15. The van der Waals surface area contributed by atoms with Gasteiger partial charge in [-0.3, -0.25) is 0 Å². The molecule has 0 aliphatic carbocycles. The Labute approximate surface area is 298 Å². The molecule has 3 aromatic heterocycles. The Balaban J connectivity index is 1.12. The van der Waals surface area contributed by atoms with Gasteiger partial charge in [0, 0.05) is 48.4 Å². The fourth-order valence-corrected chi connectivity index (χ4v) is 9.45. The Hall–Kier alpha value is -6.42. The maximum absolute atomic E-state index is 2.47. The van der Waals surface area contributed by atoms with Crippen LogP contribution in [0.25, 0.3) is 97.4 Å². The summed E-state index contributed by atoms with van der Waals surface area (Å²) >= 11 is 1.89. The topological polar surface area (TPSA) is 9.86 Å². The SMILES string of the molecule is c1ccc(-c2cc(-c3ccc(-n4c5ccccc5c5ccc6c7ccccc7sc6c54)cc3)cc(-n3c4ccccc4c4ccccc43)c2)cc1. The quantitative estimate of drug-likeness (QED) is 0.177. The molecule has 51 heavy (non-hydrogen) atoms. The lowest BCUT2D eigenvalue weighted by Gasteiger charge is -2.15. The van der Waals surface area contributed by atoms with Crippen molar-refractivity contribution in [3.05, 3.63) is 182 Å². The molecule has 0 atom stereocenters. The van der Waals surface area contributed by atoms with Crippen LogP contribution in [0.4, 0.5) is 0 Å². The number of hydrogen-bond acceptors (Lipinski definition) is 1. The van der Waals surface area contributed by atoms with E-state index in [4.69, 9.17) is 0 Å². The lowest BCUT2D eigenvalue weighted by atomic mass is 9.97. The summed E-state index contributed by atoms with van der Waals surface area (Å²) in [5.41, 5.74) is 12.0. The predicted molar refractivity (Wildman–Crippen MR) is 219 cm³/mol. The molecule has 0 aliphatic rings. The third kappa shape index (κ3) is 4.29. The number of thiophene rings is 1. The molecule has 0 fully saturated rings. The summed E-state index contributed by atoms with van der Waals surface area (Å²) in [5, 5.41) is 7.75. The van der Waals surface area contributed by atoms with E-state index in [1.165, 1.54) is 86.0 Å².